The molecule has 2 rings (SSSR count). The van der Waals surface area contributed by atoms with Crippen LogP contribution in [0.2, 0.25) is 0 Å². The maximum atomic E-state index is 11.7. The van der Waals surface area contributed by atoms with E-state index in [1.54, 1.807) is 0 Å². The normalized spacial score (nSPS) is 18.1. The Morgan fingerprint density at radius 2 is 2.05 bits per heavy atom. The van der Waals surface area contributed by atoms with Crippen LogP contribution in [0.1, 0.15) is 26.6 Å². The summed E-state index contributed by atoms with van der Waals surface area (Å²) in [5.74, 6) is 0.775. The van der Waals surface area contributed by atoms with E-state index in [2.05, 4.69) is 26.1 Å². The van der Waals surface area contributed by atoms with Crippen LogP contribution in [0.5, 0.6) is 0 Å². The number of hydrogen-bond donors (Lipinski definition) is 0. The van der Waals surface area contributed by atoms with Gasteiger partial charge in [0.25, 0.3) is 0 Å². The fourth-order valence-corrected chi connectivity index (χ4v) is 3.03. The minimum absolute atomic E-state index is 0.134. The van der Waals surface area contributed by atoms with Crippen molar-refractivity contribution in [3.05, 3.63) is 5.82 Å². The van der Waals surface area contributed by atoms with Crippen LogP contribution >= 0.6 is 11.5 Å². The molecular formula is C13H22N4O2S. The maximum absolute atomic E-state index is 11.7. The van der Waals surface area contributed by atoms with Crippen LogP contribution in [-0.4, -0.2) is 59.1 Å². The average molecular weight is 298 g/mol. The zero-order valence-corrected chi connectivity index (χ0v) is 13.2. The molecule has 0 unspecified atom stereocenters. The molecule has 0 aliphatic carbocycles. The summed E-state index contributed by atoms with van der Waals surface area (Å²) < 4.78 is 9.39. The molecule has 112 valence electrons. The monoisotopic (exact) mass is 298 g/mol. The highest BCUT2D eigenvalue weighted by atomic mass is 32.1. The number of aryl methyl sites for hydroxylation is 1. The van der Waals surface area contributed by atoms with Crippen molar-refractivity contribution in [3.8, 4) is 0 Å². The second-order valence-corrected chi connectivity index (χ2v) is 5.53. The Balaban J connectivity index is 1.87. The third-order valence-corrected chi connectivity index (χ3v) is 4.35. The summed E-state index contributed by atoms with van der Waals surface area (Å²) in [7, 11) is 0. The van der Waals surface area contributed by atoms with Gasteiger partial charge in [-0.3, -0.25) is 9.69 Å². The number of nitrogens with zero attached hydrogens (tertiary/aromatic N) is 4. The third kappa shape index (κ3) is 3.46. The number of hydrogen-bond acceptors (Lipinski definition) is 7. The van der Waals surface area contributed by atoms with Crippen LogP contribution in [0, 0.1) is 0 Å². The Bertz CT molecular complexity index is 443. The van der Waals surface area contributed by atoms with E-state index >= 15 is 0 Å². The highest BCUT2D eigenvalue weighted by Crippen LogP contribution is 2.20. The number of piperazine rings is 1. The van der Waals surface area contributed by atoms with Crippen molar-refractivity contribution >= 4 is 22.6 Å². The van der Waals surface area contributed by atoms with Crippen LogP contribution in [0.3, 0.4) is 0 Å². The third-order valence-electron chi connectivity index (χ3n) is 3.53. The van der Waals surface area contributed by atoms with E-state index in [1.165, 1.54) is 11.5 Å². The number of carbonyl (C=O) groups is 1. The Morgan fingerprint density at radius 3 is 2.60 bits per heavy atom. The summed E-state index contributed by atoms with van der Waals surface area (Å²) in [6, 6.07) is -0.169. The molecule has 1 aliphatic rings. The highest BCUT2D eigenvalue weighted by molar-refractivity contribution is 7.09. The molecule has 7 heteroatoms. The number of anilines is 1. The fraction of sp³-hybridized carbons (Fsp3) is 0.769. The van der Waals surface area contributed by atoms with Crippen LogP contribution in [0.15, 0.2) is 0 Å². The SMILES string of the molecule is CCOC(=O)[C@H](C)N1CCN(c2nc(CC)ns2)CC1. The van der Waals surface area contributed by atoms with Gasteiger partial charge in [0.05, 0.1) is 6.61 Å². The molecule has 0 N–H and O–H groups in total. The molecule has 20 heavy (non-hydrogen) atoms. The van der Waals surface area contributed by atoms with Gasteiger partial charge in [0.2, 0.25) is 5.13 Å². The first-order chi connectivity index (χ1) is 9.65. The number of ether oxygens (including phenoxy) is 1. The van der Waals surface area contributed by atoms with E-state index in [9.17, 15) is 4.79 Å². The lowest BCUT2D eigenvalue weighted by Crippen LogP contribution is -2.52. The lowest BCUT2D eigenvalue weighted by atomic mass is 10.2. The summed E-state index contributed by atoms with van der Waals surface area (Å²) in [5.41, 5.74) is 0. The predicted molar refractivity (Wildman–Crippen MR) is 79.2 cm³/mol. The quantitative estimate of drug-likeness (QED) is 0.761. The van der Waals surface area contributed by atoms with Crippen molar-refractivity contribution < 1.29 is 9.53 Å². The van der Waals surface area contributed by atoms with E-state index in [4.69, 9.17) is 4.74 Å². The minimum Gasteiger partial charge on any atom is -0.465 e. The molecule has 1 aliphatic heterocycles. The molecule has 2 heterocycles. The molecule has 0 radical (unpaired) electrons. The molecule has 0 amide bonds. The van der Waals surface area contributed by atoms with Crippen LogP contribution in [-0.2, 0) is 16.0 Å². The molecule has 1 aromatic heterocycles. The van der Waals surface area contributed by atoms with Crippen LogP contribution in [0.4, 0.5) is 5.13 Å². The largest absolute Gasteiger partial charge is 0.465 e. The van der Waals surface area contributed by atoms with Crippen molar-refractivity contribution in [3.63, 3.8) is 0 Å². The topological polar surface area (TPSA) is 58.6 Å². The number of carbonyl (C=O) groups excluding carboxylic acids is 1. The number of rotatable bonds is 5. The summed E-state index contributed by atoms with van der Waals surface area (Å²) in [5, 5.41) is 0.991. The fourth-order valence-electron chi connectivity index (χ4n) is 2.23. The van der Waals surface area contributed by atoms with E-state index in [1.807, 2.05) is 13.8 Å². The second kappa shape index (κ2) is 6.99. The highest BCUT2D eigenvalue weighted by Gasteiger charge is 2.27. The maximum Gasteiger partial charge on any atom is 0.323 e. The first-order valence-electron chi connectivity index (χ1n) is 7.13. The molecule has 1 saturated heterocycles. The average Bonchev–Trinajstić information content (AvgIpc) is 2.96. The standard InChI is InChI=1S/C13H22N4O2S/c1-4-11-14-13(20-15-11)17-8-6-16(7-9-17)10(3)12(18)19-5-2/h10H,4-9H2,1-3H3/t10-/m0/s1. The van der Waals surface area contributed by atoms with Gasteiger partial charge < -0.3 is 9.64 Å². The van der Waals surface area contributed by atoms with Gasteiger partial charge in [-0.05, 0) is 13.8 Å². The van der Waals surface area contributed by atoms with Crippen LogP contribution < -0.4 is 4.90 Å². The van der Waals surface area contributed by atoms with E-state index in [0.717, 1.165) is 43.6 Å². The lowest BCUT2D eigenvalue weighted by molar-refractivity contribution is -0.149. The molecular weight excluding hydrogens is 276 g/mol. The Morgan fingerprint density at radius 1 is 1.35 bits per heavy atom. The Hall–Kier alpha value is -1.21. The van der Waals surface area contributed by atoms with Gasteiger partial charge in [0.15, 0.2) is 0 Å². The van der Waals surface area contributed by atoms with Gasteiger partial charge in [0, 0.05) is 44.1 Å². The van der Waals surface area contributed by atoms with Crippen molar-refractivity contribution in [1.29, 1.82) is 0 Å². The van der Waals surface area contributed by atoms with Gasteiger partial charge in [-0.1, -0.05) is 6.92 Å². The smallest absolute Gasteiger partial charge is 0.323 e. The van der Waals surface area contributed by atoms with Gasteiger partial charge in [-0.15, -0.1) is 0 Å². The van der Waals surface area contributed by atoms with Gasteiger partial charge in [0.1, 0.15) is 11.9 Å². The summed E-state index contributed by atoms with van der Waals surface area (Å²) in [6.45, 7) is 9.70. The molecule has 0 saturated carbocycles. The zero-order valence-electron chi connectivity index (χ0n) is 12.3. The van der Waals surface area contributed by atoms with Gasteiger partial charge in [-0.2, -0.15) is 4.37 Å². The van der Waals surface area contributed by atoms with E-state index < -0.39 is 0 Å². The van der Waals surface area contributed by atoms with Crippen molar-refractivity contribution in [1.82, 2.24) is 14.3 Å². The number of aromatic nitrogens is 2. The van der Waals surface area contributed by atoms with Crippen molar-refractivity contribution in [2.45, 2.75) is 33.2 Å². The summed E-state index contributed by atoms with van der Waals surface area (Å²) >= 11 is 1.46. The molecule has 0 aromatic carbocycles. The first-order valence-corrected chi connectivity index (χ1v) is 7.91. The second-order valence-electron chi connectivity index (χ2n) is 4.80. The van der Waals surface area contributed by atoms with Crippen molar-refractivity contribution in [2.75, 3.05) is 37.7 Å². The first kappa shape index (κ1) is 15.2. The predicted octanol–water partition coefficient (Wildman–Crippen LogP) is 1.17. The zero-order chi connectivity index (χ0) is 14.5. The van der Waals surface area contributed by atoms with E-state index in [-0.39, 0.29) is 12.0 Å². The molecule has 1 fully saturated rings. The van der Waals surface area contributed by atoms with Crippen LogP contribution in [0.25, 0.3) is 0 Å². The molecule has 1 aromatic rings. The van der Waals surface area contributed by atoms with Gasteiger partial charge in [-0.25, -0.2) is 4.98 Å². The summed E-state index contributed by atoms with van der Waals surface area (Å²) in [4.78, 5) is 20.7. The van der Waals surface area contributed by atoms with Crippen molar-refractivity contribution in [2.24, 2.45) is 0 Å². The lowest BCUT2D eigenvalue weighted by Gasteiger charge is -2.36. The molecule has 0 bridgehead atoms. The Labute approximate surface area is 123 Å². The molecule has 6 nitrogen and oxygen atoms in total. The number of esters is 1. The van der Waals surface area contributed by atoms with Gasteiger partial charge >= 0.3 is 5.97 Å². The minimum atomic E-state index is -0.169. The Kier molecular flexibility index (Phi) is 5.31. The molecule has 1 atom stereocenters. The molecule has 0 spiro atoms. The van der Waals surface area contributed by atoms with E-state index in [0.29, 0.717) is 6.61 Å². The summed E-state index contributed by atoms with van der Waals surface area (Å²) in [6.07, 6.45) is 0.871.